The highest BCUT2D eigenvalue weighted by Gasteiger charge is 2.58. The first-order chi connectivity index (χ1) is 14.7. The van der Waals surface area contributed by atoms with Gasteiger partial charge in [-0.15, -0.1) is 0 Å². The minimum Gasteiger partial charge on any atom is -0.480 e. The van der Waals surface area contributed by atoms with Gasteiger partial charge >= 0.3 is 12.1 Å². The van der Waals surface area contributed by atoms with Gasteiger partial charge in [0.05, 0.1) is 0 Å². The van der Waals surface area contributed by atoms with Crippen molar-refractivity contribution in [3.63, 3.8) is 0 Å². The van der Waals surface area contributed by atoms with E-state index in [4.69, 9.17) is 38.8 Å². The van der Waals surface area contributed by atoms with Gasteiger partial charge in [0.15, 0.2) is 5.60 Å². The highest BCUT2D eigenvalue weighted by atomic mass is 35.5. The second-order valence-corrected chi connectivity index (χ2v) is 11.6. The van der Waals surface area contributed by atoms with Crippen LogP contribution in [0.4, 0.5) is 13.2 Å². The van der Waals surface area contributed by atoms with E-state index in [1.54, 1.807) is 18.2 Å². The molecule has 12 heteroatoms. The molecule has 0 heterocycles. The fourth-order valence-electron chi connectivity index (χ4n) is 4.16. The Hall–Kier alpha value is -1.07. The van der Waals surface area contributed by atoms with Crippen LogP contribution in [0.5, 0.6) is 0 Å². The Morgan fingerprint density at radius 3 is 2.31 bits per heavy atom. The predicted molar refractivity (Wildman–Crippen MR) is 118 cm³/mol. The molecule has 1 aromatic rings. The van der Waals surface area contributed by atoms with Gasteiger partial charge in [-0.1, -0.05) is 29.3 Å². The van der Waals surface area contributed by atoms with Gasteiger partial charge in [0, 0.05) is 31.3 Å². The summed E-state index contributed by atoms with van der Waals surface area (Å²) in [5.41, 5.74) is 3.03. The standard InChI is InChI=1S/C20H27Cl2F3N2O4S/c21-14-5-6-15(16(22)11-14)12-1-3-13(4-2-12)19(30,20(23,24)25)8-10-32(27,31)9-7-17(26)18(28)29/h5-6,11-13,17,27,30H,1-4,7-10,26H2,(H,28,29)/t12-,13-,17-,19?,32?/m0/s1. The average molecular weight is 519 g/mol. The molecule has 5 N–H and O–H groups in total. The minimum atomic E-state index is -4.96. The highest BCUT2D eigenvalue weighted by Crippen LogP contribution is 2.48. The van der Waals surface area contributed by atoms with Crippen LogP contribution in [0.1, 0.15) is 50.0 Å². The number of alkyl halides is 3. The van der Waals surface area contributed by atoms with Crippen molar-refractivity contribution in [2.45, 2.75) is 62.3 Å². The topological polar surface area (TPSA) is 124 Å². The zero-order chi connectivity index (χ0) is 24.3. The molecular formula is C20H27Cl2F3N2O4S. The number of hydrogen-bond acceptors (Lipinski definition) is 5. The highest BCUT2D eigenvalue weighted by molar-refractivity contribution is 7.92. The first-order valence-electron chi connectivity index (χ1n) is 10.1. The summed E-state index contributed by atoms with van der Waals surface area (Å²) in [7, 11) is -3.54. The maximum absolute atomic E-state index is 13.9. The number of hydrogen-bond donors (Lipinski definition) is 4. The van der Waals surface area contributed by atoms with Crippen molar-refractivity contribution in [2.75, 3.05) is 11.5 Å². The van der Waals surface area contributed by atoms with Gasteiger partial charge in [-0.25, -0.2) is 4.21 Å². The van der Waals surface area contributed by atoms with Crippen molar-refractivity contribution in [1.29, 1.82) is 4.78 Å². The summed E-state index contributed by atoms with van der Waals surface area (Å²) in [4.78, 5) is 10.8. The van der Waals surface area contributed by atoms with Crippen molar-refractivity contribution in [2.24, 2.45) is 11.7 Å². The number of carboxylic acids is 1. The molecule has 3 atom stereocenters. The van der Waals surface area contributed by atoms with Gasteiger partial charge in [-0.2, -0.15) is 13.2 Å². The van der Waals surface area contributed by atoms with Gasteiger partial charge < -0.3 is 15.9 Å². The Morgan fingerprint density at radius 1 is 1.22 bits per heavy atom. The Bertz CT molecular complexity index is 922. The summed E-state index contributed by atoms with van der Waals surface area (Å²) in [6.07, 6.45) is -5.21. The van der Waals surface area contributed by atoms with Crippen LogP contribution in [0.25, 0.3) is 0 Å². The number of nitrogens with two attached hydrogens (primary N) is 1. The first-order valence-corrected chi connectivity index (χ1v) is 12.8. The molecule has 6 nitrogen and oxygen atoms in total. The van der Waals surface area contributed by atoms with E-state index < -0.39 is 57.4 Å². The van der Waals surface area contributed by atoms with Crippen LogP contribution in [-0.4, -0.2) is 49.7 Å². The Morgan fingerprint density at radius 2 is 1.81 bits per heavy atom. The van der Waals surface area contributed by atoms with Crippen molar-refractivity contribution >= 4 is 38.9 Å². The largest absolute Gasteiger partial charge is 0.480 e. The van der Waals surface area contributed by atoms with Crippen LogP contribution in [-0.2, 0) is 14.5 Å². The summed E-state index contributed by atoms with van der Waals surface area (Å²) in [6, 6.07) is 3.65. The minimum absolute atomic E-state index is 0.0635. The molecule has 0 aromatic heterocycles. The fraction of sp³-hybridized carbons (Fsp3) is 0.650. The van der Waals surface area contributed by atoms with E-state index >= 15 is 0 Å². The lowest BCUT2D eigenvalue weighted by Gasteiger charge is -2.41. The summed E-state index contributed by atoms with van der Waals surface area (Å²) >= 11 is 12.1. The monoisotopic (exact) mass is 518 g/mol. The van der Waals surface area contributed by atoms with E-state index in [-0.39, 0.29) is 25.2 Å². The molecule has 1 saturated carbocycles. The fourth-order valence-corrected chi connectivity index (χ4v) is 6.20. The zero-order valence-electron chi connectivity index (χ0n) is 17.2. The van der Waals surface area contributed by atoms with Crippen LogP contribution >= 0.6 is 23.2 Å². The maximum Gasteiger partial charge on any atom is 0.417 e. The number of benzene rings is 1. The normalized spacial score (nSPS) is 24.3. The van der Waals surface area contributed by atoms with E-state index in [1.807, 2.05) is 0 Å². The molecule has 1 aliphatic carbocycles. The third kappa shape index (κ3) is 6.72. The molecular weight excluding hydrogens is 492 g/mol. The quantitative estimate of drug-likeness (QED) is 0.373. The third-order valence-electron chi connectivity index (χ3n) is 6.18. The molecule has 0 aliphatic heterocycles. The number of rotatable bonds is 9. The van der Waals surface area contributed by atoms with E-state index in [0.717, 1.165) is 5.56 Å². The molecule has 0 saturated heterocycles. The van der Waals surface area contributed by atoms with E-state index in [0.29, 0.717) is 22.9 Å². The van der Waals surface area contributed by atoms with Crippen molar-refractivity contribution in [3.05, 3.63) is 33.8 Å². The van der Waals surface area contributed by atoms with Crippen LogP contribution in [0.2, 0.25) is 10.0 Å². The van der Waals surface area contributed by atoms with Crippen LogP contribution < -0.4 is 5.73 Å². The average Bonchev–Trinajstić information content (AvgIpc) is 2.69. The van der Waals surface area contributed by atoms with Gasteiger partial charge in [0.25, 0.3) is 0 Å². The van der Waals surface area contributed by atoms with Gasteiger partial charge in [0.1, 0.15) is 6.04 Å². The maximum atomic E-state index is 13.9. The number of aliphatic carboxylic acids is 1. The summed E-state index contributed by atoms with van der Waals surface area (Å²) < 4.78 is 61.8. The molecule has 32 heavy (non-hydrogen) atoms. The molecule has 0 amide bonds. The molecule has 2 rings (SSSR count). The number of nitrogens with one attached hydrogen (secondary N) is 1. The molecule has 2 unspecified atom stereocenters. The lowest BCUT2D eigenvalue weighted by Crippen LogP contribution is -2.53. The lowest BCUT2D eigenvalue weighted by atomic mass is 9.70. The lowest BCUT2D eigenvalue weighted by molar-refractivity contribution is -0.283. The summed E-state index contributed by atoms with van der Waals surface area (Å²) in [5, 5.41) is 20.3. The smallest absolute Gasteiger partial charge is 0.417 e. The van der Waals surface area contributed by atoms with Gasteiger partial charge in [-0.3, -0.25) is 9.57 Å². The molecule has 0 bridgehead atoms. The summed E-state index contributed by atoms with van der Waals surface area (Å²) in [5.74, 6) is -3.66. The molecule has 1 aliphatic rings. The molecule has 0 radical (unpaired) electrons. The predicted octanol–water partition coefficient (Wildman–Crippen LogP) is 4.80. The van der Waals surface area contributed by atoms with Crippen LogP contribution in [0, 0.1) is 10.7 Å². The second kappa shape index (κ2) is 10.5. The first kappa shape index (κ1) is 27.2. The zero-order valence-corrected chi connectivity index (χ0v) is 19.5. The van der Waals surface area contributed by atoms with Crippen LogP contribution in [0.3, 0.4) is 0 Å². The van der Waals surface area contributed by atoms with Crippen molar-refractivity contribution < 1.29 is 32.4 Å². The summed E-state index contributed by atoms with van der Waals surface area (Å²) in [6.45, 7) is 0. The van der Waals surface area contributed by atoms with Crippen LogP contribution in [0.15, 0.2) is 18.2 Å². The van der Waals surface area contributed by atoms with Crippen molar-refractivity contribution in [1.82, 2.24) is 0 Å². The van der Waals surface area contributed by atoms with Crippen molar-refractivity contribution in [3.8, 4) is 0 Å². The van der Waals surface area contributed by atoms with E-state index in [9.17, 15) is 27.3 Å². The Labute approximate surface area is 195 Å². The molecule has 182 valence electrons. The van der Waals surface area contributed by atoms with Gasteiger partial charge in [-0.05, 0) is 68.1 Å². The number of halogens is 5. The van der Waals surface area contributed by atoms with E-state index in [2.05, 4.69) is 0 Å². The Balaban J connectivity index is 2.07. The second-order valence-electron chi connectivity index (χ2n) is 8.34. The Kier molecular flexibility index (Phi) is 8.89. The molecule has 1 fully saturated rings. The third-order valence-corrected chi connectivity index (χ3v) is 8.51. The van der Waals surface area contributed by atoms with E-state index in [1.165, 1.54) is 0 Å². The molecule has 0 spiro atoms. The molecule has 1 aromatic carbocycles. The van der Waals surface area contributed by atoms with Gasteiger partial charge in [0.2, 0.25) is 0 Å². The number of carboxylic acid groups (broad SMARTS) is 1. The number of carbonyl (C=O) groups is 1. The SMILES string of the molecule is N=S(=O)(CC[C@H](N)C(=O)O)CCC(O)([C@H]1CC[C@H](c2ccc(Cl)cc2Cl)CC1)C(F)(F)F. The number of aliphatic hydroxyl groups is 1.